The Bertz CT molecular complexity index is 439. The second-order valence-corrected chi connectivity index (χ2v) is 5.04. The predicted octanol–water partition coefficient (Wildman–Crippen LogP) is 2.75. The van der Waals surface area contributed by atoms with Gasteiger partial charge in [-0.25, -0.2) is 0 Å². The van der Waals surface area contributed by atoms with Crippen molar-refractivity contribution >= 4 is 35.2 Å². The van der Waals surface area contributed by atoms with Crippen molar-refractivity contribution in [2.45, 2.75) is 17.9 Å². The van der Waals surface area contributed by atoms with Crippen LogP contribution in [0, 0.1) is 0 Å². The Hall–Kier alpha value is -0.910. The lowest BCUT2D eigenvalue weighted by Crippen LogP contribution is -2.40. The monoisotopic (exact) mass is 271 g/mol. The highest BCUT2D eigenvalue weighted by Crippen LogP contribution is 2.33. The zero-order valence-corrected chi connectivity index (χ0v) is 11.2. The number of anilines is 1. The summed E-state index contributed by atoms with van der Waals surface area (Å²) in [7, 11) is 1.68. The number of nitrogens with one attached hydrogen (secondary N) is 2. The van der Waals surface area contributed by atoms with Gasteiger partial charge in [-0.1, -0.05) is 11.6 Å². The Balaban J connectivity index is 2.02. The average Bonchev–Trinajstić information content (AvgIpc) is 2.29. The molecule has 17 heavy (non-hydrogen) atoms. The molecular formula is C11H14ClN3OS. The molecule has 0 bridgehead atoms. The van der Waals surface area contributed by atoms with Gasteiger partial charge in [-0.15, -0.1) is 0 Å². The quantitative estimate of drug-likeness (QED) is 0.830. The van der Waals surface area contributed by atoms with Gasteiger partial charge in [0.2, 0.25) is 5.96 Å². The third-order valence-electron chi connectivity index (χ3n) is 2.23. The second kappa shape index (κ2) is 5.62. The third kappa shape index (κ3) is 3.28. The number of hydrogen-bond donors (Lipinski definition) is 2. The summed E-state index contributed by atoms with van der Waals surface area (Å²) in [6.45, 7) is 2.68. The molecule has 0 aliphatic carbocycles. The summed E-state index contributed by atoms with van der Waals surface area (Å²) in [6, 6.07) is 5.91. The van der Waals surface area contributed by atoms with Crippen molar-refractivity contribution in [2.24, 2.45) is 4.40 Å². The van der Waals surface area contributed by atoms with Crippen LogP contribution < -0.4 is 10.6 Å². The Morgan fingerprint density at radius 1 is 1.59 bits per heavy atom. The molecule has 92 valence electrons. The summed E-state index contributed by atoms with van der Waals surface area (Å²) in [6.07, 6.45) is 0. The van der Waals surface area contributed by atoms with Gasteiger partial charge in [-0.2, -0.15) is 4.40 Å². The lowest BCUT2D eigenvalue weighted by molar-refractivity contribution is 0.179. The van der Waals surface area contributed by atoms with Crippen molar-refractivity contribution in [1.82, 2.24) is 5.32 Å². The van der Waals surface area contributed by atoms with E-state index in [9.17, 15) is 0 Å². The predicted molar refractivity (Wildman–Crippen MR) is 72.8 cm³/mol. The van der Waals surface area contributed by atoms with Crippen LogP contribution >= 0.6 is 23.5 Å². The number of methoxy groups -OCH3 is 1. The third-order valence-corrected chi connectivity index (χ3v) is 3.28. The fourth-order valence-corrected chi connectivity index (χ4v) is 2.43. The van der Waals surface area contributed by atoms with Crippen molar-refractivity contribution in [3.05, 3.63) is 23.2 Å². The number of fused-ring (bicyclic) bond motifs is 1. The fraction of sp³-hybridized carbons (Fsp3) is 0.364. The van der Waals surface area contributed by atoms with Crippen molar-refractivity contribution in [1.29, 1.82) is 0 Å². The largest absolute Gasteiger partial charge is 0.383 e. The minimum Gasteiger partial charge on any atom is -0.383 e. The highest BCUT2D eigenvalue weighted by molar-refractivity contribution is 7.98. The number of rotatable bonds is 3. The molecule has 0 radical (unpaired) electrons. The average molecular weight is 272 g/mol. The van der Waals surface area contributed by atoms with E-state index in [1.54, 1.807) is 7.11 Å². The number of benzene rings is 1. The van der Waals surface area contributed by atoms with E-state index in [1.807, 2.05) is 25.1 Å². The second-order valence-electron chi connectivity index (χ2n) is 3.80. The van der Waals surface area contributed by atoms with Crippen LogP contribution in [-0.2, 0) is 4.74 Å². The molecule has 0 saturated heterocycles. The van der Waals surface area contributed by atoms with Gasteiger partial charge in [0.1, 0.15) is 0 Å². The normalized spacial score (nSPS) is 15.6. The Labute approximate surface area is 110 Å². The Morgan fingerprint density at radius 2 is 2.41 bits per heavy atom. The first kappa shape index (κ1) is 12.5. The number of nitrogens with zero attached hydrogens (tertiary/aromatic N) is 1. The van der Waals surface area contributed by atoms with Crippen molar-refractivity contribution < 1.29 is 4.74 Å². The zero-order chi connectivity index (χ0) is 12.3. The first-order valence-corrected chi connectivity index (χ1v) is 6.41. The van der Waals surface area contributed by atoms with Crippen LogP contribution in [0.4, 0.5) is 5.69 Å². The molecule has 1 aliphatic heterocycles. The van der Waals surface area contributed by atoms with Gasteiger partial charge in [0.15, 0.2) is 0 Å². The molecule has 1 aliphatic rings. The maximum absolute atomic E-state index is 5.92. The van der Waals surface area contributed by atoms with E-state index in [-0.39, 0.29) is 6.04 Å². The molecule has 0 fully saturated rings. The Morgan fingerprint density at radius 3 is 3.18 bits per heavy atom. The van der Waals surface area contributed by atoms with Crippen LogP contribution in [0.1, 0.15) is 6.92 Å². The molecular weight excluding hydrogens is 258 g/mol. The molecule has 0 saturated carbocycles. The number of halogens is 1. The van der Waals surface area contributed by atoms with Crippen LogP contribution in [0.2, 0.25) is 5.02 Å². The fourth-order valence-electron chi connectivity index (χ4n) is 1.51. The van der Waals surface area contributed by atoms with Crippen LogP contribution in [0.25, 0.3) is 0 Å². The summed E-state index contributed by atoms with van der Waals surface area (Å²) < 4.78 is 9.39. The van der Waals surface area contributed by atoms with E-state index >= 15 is 0 Å². The van der Waals surface area contributed by atoms with Crippen LogP contribution in [0.15, 0.2) is 27.5 Å². The van der Waals surface area contributed by atoms with Crippen molar-refractivity contribution in [2.75, 3.05) is 19.0 Å². The van der Waals surface area contributed by atoms with Gasteiger partial charge in [0.05, 0.1) is 17.2 Å². The highest BCUT2D eigenvalue weighted by atomic mass is 35.5. The lowest BCUT2D eigenvalue weighted by Gasteiger charge is -2.21. The number of ether oxygens (including phenoxy) is 1. The van der Waals surface area contributed by atoms with Gasteiger partial charge < -0.3 is 15.4 Å². The van der Waals surface area contributed by atoms with Crippen LogP contribution in [-0.4, -0.2) is 25.7 Å². The lowest BCUT2D eigenvalue weighted by atomic mass is 10.3. The number of guanidine groups is 1. The molecule has 4 nitrogen and oxygen atoms in total. The molecule has 1 atom stereocenters. The maximum Gasteiger partial charge on any atom is 0.208 e. The topological polar surface area (TPSA) is 45.6 Å². The van der Waals surface area contributed by atoms with E-state index in [4.69, 9.17) is 16.3 Å². The summed E-state index contributed by atoms with van der Waals surface area (Å²) in [5.74, 6) is 0.745. The minimum atomic E-state index is 0.209. The van der Waals surface area contributed by atoms with E-state index in [0.717, 1.165) is 21.6 Å². The molecule has 2 N–H and O–H groups in total. The van der Waals surface area contributed by atoms with E-state index in [1.165, 1.54) is 11.9 Å². The van der Waals surface area contributed by atoms with Crippen molar-refractivity contribution in [3.63, 3.8) is 0 Å². The van der Waals surface area contributed by atoms with E-state index in [0.29, 0.717) is 6.61 Å². The van der Waals surface area contributed by atoms with Gasteiger partial charge >= 0.3 is 0 Å². The molecule has 6 heteroatoms. The summed E-state index contributed by atoms with van der Waals surface area (Å²) >= 11 is 7.33. The van der Waals surface area contributed by atoms with E-state index < -0.39 is 0 Å². The first-order chi connectivity index (χ1) is 8.19. The highest BCUT2D eigenvalue weighted by Gasteiger charge is 2.14. The molecule has 1 heterocycles. The van der Waals surface area contributed by atoms with Gasteiger partial charge in [-0.3, -0.25) is 0 Å². The van der Waals surface area contributed by atoms with Gasteiger partial charge in [-0.05, 0) is 25.1 Å². The molecule has 1 aromatic rings. The molecule has 1 unspecified atom stereocenters. The zero-order valence-electron chi connectivity index (χ0n) is 9.66. The van der Waals surface area contributed by atoms with Crippen LogP contribution in [0.3, 0.4) is 0 Å². The summed E-state index contributed by atoms with van der Waals surface area (Å²) in [4.78, 5) is 1.03. The maximum atomic E-state index is 5.92. The van der Waals surface area contributed by atoms with E-state index in [2.05, 4.69) is 15.0 Å². The molecule has 2 rings (SSSR count). The molecule has 0 spiro atoms. The summed E-state index contributed by atoms with van der Waals surface area (Å²) in [5.41, 5.74) is 1.02. The van der Waals surface area contributed by atoms with Crippen molar-refractivity contribution in [3.8, 4) is 0 Å². The Kier molecular flexibility index (Phi) is 4.15. The first-order valence-electron chi connectivity index (χ1n) is 5.26. The molecule has 1 aromatic carbocycles. The smallest absolute Gasteiger partial charge is 0.208 e. The molecule has 0 aromatic heterocycles. The van der Waals surface area contributed by atoms with Gasteiger partial charge in [0.25, 0.3) is 0 Å². The molecule has 0 amide bonds. The minimum absolute atomic E-state index is 0.209. The van der Waals surface area contributed by atoms with Gasteiger partial charge in [0, 0.05) is 30.1 Å². The SMILES string of the molecule is COCC(C)NC1=NSc2cc(Cl)ccc2N1. The van der Waals surface area contributed by atoms with Crippen LogP contribution in [0.5, 0.6) is 0 Å². The summed E-state index contributed by atoms with van der Waals surface area (Å²) in [5, 5.41) is 7.17. The standard InChI is InChI=1S/C11H14ClN3OS/c1-7(6-16-2)13-11-14-9-4-3-8(12)5-10(9)17-15-11/h3-5,7H,6H2,1-2H3,(H2,13,14,15). The number of hydrogen-bond acceptors (Lipinski definition) is 5.